The van der Waals surface area contributed by atoms with E-state index in [4.69, 9.17) is 5.73 Å². The maximum atomic E-state index is 15.2. The second-order valence-electron chi connectivity index (χ2n) is 9.61. The highest BCUT2D eigenvalue weighted by molar-refractivity contribution is 5.98. The minimum absolute atomic E-state index is 0.00282. The number of rotatable bonds is 3. The predicted octanol–water partition coefficient (Wildman–Crippen LogP) is 3.39. The number of carbonyl (C=O) groups is 2. The Kier molecular flexibility index (Phi) is 5.93. The molecule has 1 saturated heterocycles. The van der Waals surface area contributed by atoms with Crippen molar-refractivity contribution < 1.29 is 31.5 Å². The number of aromatic nitrogens is 4. The Balaban J connectivity index is 1.31. The van der Waals surface area contributed by atoms with E-state index in [0.29, 0.717) is 5.69 Å². The molecule has 206 valence electrons. The van der Waals surface area contributed by atoms with E-state index in [1.54, 1.807) is 0 Å². The molecule has 2 unspecified atom stereocenters. The third kappa shape index (κ3) is 4.19. The molecule has 3 aromatic heterocycles. The summed E-state index contributed by atoms with van der Waals surface area (Å²) in [5.74, 6) is -1.91. The number of hydrogen-bond acceptors (Lipinski definition) is 6. The van der Waals surface area contributed by atoms with Gasteiger partial charge in [-0.1, -0.05) is 0 Å². The summed E-state index contributed by atoms with van der Waals surface area (Å²) < 4.78 is 70.7. The van der Waals surface area contributed by atoms with Gasteiger partial charge in [0.05, 0.1) is 35.1 Å². The van der Waals surface area contributed by atoms with E-state index in [1.165, 1.54) is 34.2 Å². The minimum atomic E-state index is -4.74. The molecule has 2 amide bonds. The van der Waals surface area contributed by atoms with Gasteiger partial charge in [0, 0.05) is 36.8 Å². The fraction of sp³-hybridized carbons (Fsp3) is 0.269. The number of carbonyl (C=O) groups excluding carboxylic acids is 2. The zero-order chi connectivity index (χ0) is 28.3. The van der Waals surface area contributed by atoms with E-state index in [2.05, 4.69) is 15.1 Å². The van der Waals surface area contributed by atoms with Crippen molar-refractivity contribution in [1.82, 2.24) is 29.4 Å². The fourth-order valence-corrected chi connectivity index (χ4v) is 5.29. The average Bonchev–Trinajstić information content (AvgIpc) is 3.51. The molecule has 0 saturated carbocycles. The average molecular weight is 557 g/mol. The summed E-state index contributed by atoms with van der Waals surface area (Å²) in [6, 6.07) is 6.21. The van der Waals surface area contributed by atoms with E-state index in [0.717, 1.165) is 29.0 Å². The van der Waals surface area contributed by atoms with Gasteiger partial charge in [-0.2, -0.15) is 18.3 Å². The van der Waals surface area contributed by atoms with Crippen molar-refractivity contribution in [3.8, 4) is 11.3 Å². The smallest absolute Gasteiger partial charge is 0.382 e. The quantitative estimate of drug-likeness (QED) is 0.387. The zero-order valence-electron chi connectivity index (χ0n) is 20.6. The van der Waals surface area contributed by atoms with Gasteiger partial charge in [0.2, 0.25) is 0 Å². The molecule has 2 aliphatic rings. The second kappa shape index (κ2) is 9.24. The first-order valence-corrected chi connectivity index (χ1v) is 12.2. The highest BCUT2D eigenvalue weighted by Crippen LogP contribution is 2.39. The molecule has 0 aliphatic carbocycles. The van der Waals surface area contributed by atoms with Gasteiger partial charge in [-0.05, 0) is 36.4 Å². The van der Waals surface area contributed by atoms with Gasteiger partial charge in [-0.15, -0.1) is 0 Å². The number of fused-ring (bicyclic) bond motifs is 2. The van der Waals surface area contributed by atoms with Gasteiger partial charge >= 0.3 is 6.18 Å². The molecule has 0 spiro atoms. The lowest BCUT2D eigenvalue weighted by atomic mass is 9.99. The van der Waals surface area contributed by atoms with Crippen LogP contribution in [0.5, 0.6) is 0 Å². The van der Waals surface area contributed by atoms with E-state index < -0.39 is 47.1 Å². The third-order valence-electron chi connectivity index (χ3n) is 7.23. The Bertz CT molecular complexity index is 1650. The number of alkyl halides is 4. The van der Waals surface area contributed by atoms with Crippen LogP contribution in [0.1, 0.15) is 32.0 Å². The van der Waals surface area contributed by atoms with Crippen molar-refractivity contribution in [2.45, 2.75) is 24.8 Å². The summed E-state index contributed by atoms with van der Waals surface area (Å²) in [5.41, 5.74) is 5.17. The highest BCUT2D eigenvalue weighted by Gasteiger charge is 2.43. The van der Waals surface area contributed by atoms with Crippen LogP contribution < -0.4 is 5.73 Å². The number of nitrogens with two attached hydrogens (primary N) is 1. The van der Waals surface area contributed by atoms with Crippen molar-refractivity contribution in [2.24, 2.45) is 0 Å². The first-order chi connectivity index (χ1) is 19.0. The van der Waals surface area contributed by atoms with Crippen LogP contribution in [0.2, 0.25) is 0 Å². The standard InChI is InChI=1S/C26H20F5N7O2/c27-15-3-1-13(2-4-15)24(39)36-10-18(28)21(11-36)37-6-5-19-16(25(37)40)7-14(9-33-19)20-8-17(26(29,30)31)22-23(32)34-12-35-38(20)22/h1-4,7-9,12,18,21H,5-6,10-11H2,(H2,32,34,35). The summed E-state index contributed by atoms with van der Waals surface area (Å²) in [5, 5.41) is 3.92. The maximum absolute atomic E-state index is 15.2. The van der Waals surface area contributed by atoms with Gasteiger partial charge in [0.15, 0.2) is 5.82 Å². The summed E-state index contributed by atoms with van der Waals surface area (Å²) in [6.07, 6.45) is -3.63. The number of benzene rings is 1. The molecule has 40 heavy (non-hydrogen) atoms. The molecule has 0 bridgehead atoms. The third-order valence-corrected chi connectivity index (χ3v) is 7.23. The van der Waals surface area contributed by atoms with Crippen LogP contribution >= 0.6 is 0 Å². The van der Waals surface area contributed by atoms with E-state index in [1.807, 2.05) is 0 Å². The SMILES string of the molecule is Nc1ncnn2c(-c3cnc4c(c3)C(=O)N(C3CN(C(=O)c5ccc(F)cc5)CC3F)CC4)cc(C(F)(F)F)c12. The summed E-state index contributed by atoms with van der Waals surface area (Å²) in [6.45, 7) is -0.161. The molecule has 2 atom stereocenters. The molecule has 1 fully saturated rings. The van der Waals surface area contributed by atoms with Crippen LogP contribution in [-0.2, 0) is 12.6 Å². The highest BCUT2D eigenvalue weighted by atomic mass is 19.4. The predicted molar refractivity (Wildman–Crippen MR) is 131 cm³/mol. The number of halogens is 5. The number of amides is 2. The molecule has 9 nitrogen and oxygen atoms in total. The molecule has 2 N–H and O–H groups in total. The lowest BCUT2D eigenvalue weighted by Crippen LogP contribution is -2.49. The van der Waals surface area contributed by atoms with Gasteiger partial charge in [-0.3, -0.25) is 14.6 Å². The van der Waals surface area contributed by atoms with Crippen LogP contribution in [0.4, 0.5) is 27.8 Å². The van der Waals surface area contributed by atoms with Crippen LogP contribution in [-0.4, -0.2) is 73.0 Å². The first-order valence-electron chi connectivity index (χ1n) is 12.2. The largest absolute Gasteiger partial charge is 0.418 e. The number of hydrogen-bond donors (Lipinski definition) is 1. The summed E-state index contributed by atoms with van der Waals surface area (Å²) in [4.78, 5) is 37.0. The minimum Gasteiger partial charge on any atom is -0.382 e. The van der Waals surface area contributed by atoms with Crippen molar-refractivity contribution in [3.63, 3.8) is 0 Å². The van der Waals surface area contributed by atoms with E-state index in [-0.39, 0.29) is 54.3 Å². The van der Waals surface area contributed by atoms with E-state index >= 15 is 4.39 Å². The monoisotopic (exact) mass is 557 g/mol. The summed E-state index contributed by atoms with van der Waals surface area (Å²) >= 11 is 0. The van der Waals surface area contributed by atoms with Gasteiger partial charge in [0.1, 0.15) is 23.8 Å². The molecule has 6 rings (SSSR count). The van der Waals surface area contributed by atoms with Crippen molar-refractivity contribution in [1.29, 1.82) is 0 Å². The Morgan fingerprint density at radius 2 is 1.82 bits per heavy atom. The lowest BCUT2D eigenvalue weighted by Gasteiger charge is -2.33. The second-order valence-corrected chi connectivity index (χ2v) is 9.61. The number of anilines is 1. The summed E-state index contributed by atoms with van der Waals surface area (Å²) in [7, 11) is 0. The Hall–Kier alpha value is -4.62. The molecule has 2 aliphatic heterocycles. The van der Waals surface area contributed by atoms with Crippen molar-refractivity contribution in [2.75, 3.05) is 25.4 Å². The van der Waals surface area contributed by atoms with Gasteiger partial charge in [0.25, 0.3) is 11.8 Å². The van der Waals surface area contributed by atoms with Crippen LogP contribution in [0.15, 0.2) is 48.9 Å². The molecule has 1 aromatic carbocycles. The van der Waals surface area contributed by atoms with Gasteiger partial charge < -0.3 is 15.5 Å². The normalized spacial score (nSPS) is 19.4. The molecule has 4 aromatic rings. The van der Waals surface area contributed by atoms with Crippen LogP contribution in [0.3, 0.4) is 0 Å². The zero-order valence-corrected chi connectivity index (χ0v) is 20.6. The Labute approximate surface area is 223 Å². The molecular weight excluding hydrogens is 537 g/mol. The topological polar surface area (TPSA) is 110 Å². The lowest BCUT2D eigenvalue weighted by molar-refractivity contribution is -0.136. The Morgan fingerprint density at radius 3 is 2.55 bits per heavy atom. The molecule has 14 heteroatoms. The fourth-order valence-electron chi connectivity index (χ4n) is 5.29. The maximum Gasteiger partial charge on any atom is 0.418 e. The number of likely N-dealkylation sites (tertiary alicyclic amines) is 1. The number of pyridine rings is 1. The Morgan fingerprint density at radius 1 is 1.07 bits per heavy atom. The van der Waals surface area contributed by atoms with Crippen LogP contribution in [0.25, 0.3) is 16.8 Å². The van der Waals surface area contributed by atoms with E-state index in [9.17, 15) is 27.2 Å². The molecular formula is C26H20F5N7O2. The molecule has 5 heterocycles. The first kappa shape index (κ1) is 25.6. The molecule has 0 radical (unpaired) electrons. The number of nitrogens with zero attached hydrogens (tertiary/aromatic N) is 6. The van der Waals surface area contributed by atoms with Crippen molar-refractivity contribution >= 4 is 23.1 Å². The van der Waals surface area contributed by atoms with Gasteiger partial charge in [-0.25, -0.2) is 18.3 Å². The number of nitrogen functional groups attached to an aromatic ring is 1. The van der Waals surface area contributed by atoms with Crippen LogP contribution in [0, 0.1) is 5.82 Å². The van der Waals surface area contributed by atoms with Crippen molar-refractivity contribution in [3.05, 3.63) is 77.1 Å².